The van der Waals surface area contributed by atoms with Crippen LogP contribution in [0.15, 0.2) is 52.3 Å². The standard InChI is InChI=1S/C17H14BrNOS/c18-14-5-6-15(12-4-2-1-3-11(12)14)20-16-9-19-10-17-13(16)7-8-21-17/h1-8,16,19H,9-10H2. The topological polar surface area (TPSA) is 21.3 Å². The Morgan fingerprint density at radius 1 is 1.10 bits per heavy atom. The summed E-state index contributed by atoms with van der Waals surface area (Å²) >= 11 is 5.41. The Kier molecular flexibility index (Phi) is 3.45. The van der Waals surface area contributed by atoms with Crippen molar-refractivity contribution in [1.82, 2.24) is 5.32 Å². The van der Waals surface area contributed by atoms with Crippen molar-refractivity contribution in [2.45, 2.75) is 12.6 Å². The first-order chi connectivity index (χ1) is 10.3. The highest BCUT2D eigenvalue weighted by atomic mass is 79.9. The molecule has 1 atom stereocenters. The van der Waals surface area contributed by atoms with Gasteiger partial charge in [0.15, 0.2) is 0 Å². The summed E-state index contributed by atoms with van der Waals surface area (Å²) in [7, 11) is 0. The lowest BCUT2D eigenvalue weighted by atomic mass is 10.1. The largest absolute Gasteiger partial charge is 0.484 e. The number of hydrogen-bond donors (Lipinski definition) is 1. The summed E-state index contributed by atoms with van der Waals surface area (Å²) in [5.41, 5.74) is 1.32. The summed E-state index contributed by atoms with van der Waals surface area (Å²) in [6.45, 7) is 1.81. The van der Waals surface area contributed by atoms with Gasteiger partial charge in [-0.15, -0.1) is 11.3 Å². The van der Waals surface area contributed by atoms with Gasteiger partial charge >= 0.3 is 0 Å². The van der Waals surface area contributed by atoms with Gasteiger partial charge in [0.1, 0.15) is 11.9 Å². The molecule has 2 heterocycles. The molecule has 4 heteroatoms. The molecule has 2 nitrogen and oxygen atoms in total. The average molecular weight is 360 g/mol. The van der Waals surface area contributed by atoms with Crippen LogP contribution in [0.4, 0.5) is 0 Å². The summed E-state index contributed by atoms with van der Waals surface area (Å²) in [5.74, 6) is 0.944. The number of fused-ring (bicyclic) bond motifs is 2. The van der Waals surface area contributed by atoms with Gasteiger partial charge in [0.2, 0.25) is 0 Å². The van der Waals surface area contributed by atoms with E-state index < -0.39 is 0 Å². The maximum atomic E-state index is 6.33. The Morgan fingerprint density at radius 3 is 2.86 bits per heavy atom. The molecule has 1 aromatic heterocycles. The zero-order chi connectivity index (χ0) is 14.2. The lowest BCUT2D eigenvalue weighted by Gasteiger charge is -2.25. The van der Waals surface area contributed by atoms with Gasteiger partial charge < -0.3 is 10.1 Å². The van der Waals surface area contributed by atoms with E-state index in [2.05, 4.69) is 63.0 Å². The molecule has 0 radical (unpaired) electrons. The van der Waals surface area contributed by atoms with E-state index >= 15 is 0 Å². The fourth-order valence-electron chi connectivity index (χ4n) is 2.80. The lowest BCUT2D eigenvalue weighted by molar-refractivity contribution is 0.195. The molecular formula is C17H14BrNOS. The summed E-state index contributed by atoms with van der Waals surface area (Å²) in [5, 5.41) is 7.91. The quantitative estimate of drug-likeness (QED) is 0.703. The summed E-state index contributed by atoms with van der Waals surface area (Å²) in [6, 6.07) is 14.6. The molecule has 1 N–H and O–H groups in total. The minimum Gasteiger partial charge on any atom is -0.484 e. The van der Waals surface area contributed by atoms with Gasteiger partial charge in [-0.05, 0) is 29.0 Å². The third-order valence-corrected chi connectivity index (χ3v) is 5.47. The highest BCUT2D eigenvalue weighted by Crippen LogP contribution is 2.36. The number of benzene rings is 2. The van der Waals surface area contributed by atoms with E-state index in [9.17, 15) is 0 Å². The van der Waals surface area contributed by atoms with Crippen molar-refractivity contribution in [3.8, 4) is 5.75 Å². The third kappa shape index (κ3) is 2.37. The van der Waals surface area contributed by atoms with E-state index in [-0.39, 0.29) is 6.10 Å². The van der Waals surface area contributed by atoms with Crippen LogP contribution >= 0.6 is 27.3 Å². The molecule has 21 heavy (non-hydrogen) atoms. The molecule has 0 saturated heterocycles. The molecule has 0 bridgehead atoms. The van der Waals surface area contributed by atoms with Crippen LogP contribution in [-0.4, -0.2) is 6.54 Å². The second-order valence-electron chi connectivity index (χ2n) is 5.13. The molecule has 1 unspecified atom stereocenters. The monoisotopic (exact) mass is 359 g/mol. The van der Waals surface area contributed by atoms with Gasteiger partial charge in [-0.25, -0.2) is 0 Å². The van der Waals surface area contributed by atoms with Crippen molar-refractivity contribution in [3.05, 3.63) is 62.8 Å². The number of halogens is 1. The van der Waals surface area contributed by atoms with E-state index in [4.69, 9.17) is 4.74 Å². The highest BCUT2D eigenvalue weighted by molar-refractivity contribution is 9.10. The normalized spacial score (nSPS) is 17.7. The lowest BCUT2D eigenvalue weighted by Crippen LogP contribution is -2.30. The minimum atomic E-state index is 0.0876. The van der Waals surface area contributed by atoms with E-state index in [0.29, 0.717) is 0 Å². The Hall–Kier alpha value is -1.36. The molecule has 4 rings (SSSR count). The van der Waals surface area contributed by atoms with Crippen LogP contribution in [0.2, 0.25) is 0 Å². The average Bonchev–Trinajstić information content (AvgIpc) is 3.00. The summed E-state index contributed by atoms with van der Waals surface area (Å²) in [6.07, 6.45) is 0.0876. The van der Waals surface area contributed by atoms with Crippen LogP contribution in [0.1, 0.15) is 16.5 Å². The molecule has 1 aliphatic heterocycles. The van der Waals surface area contributed by atoms with Crippen LogP contribution in [0.5, 0.6) is 5.75 Å². The van der Waals surface area contributed by atoms with Crippen LogP contribution in [0.25, 0.3) is 10.8 Å². The van der Waals surface area contributed by atoms with Crippen molar-refractivity contribution in [1.29, 1.82) is 0 Å². The fourth-order valence-corrected chi connectivity index (χ4v) is 4.18. The van der Waals surface area contributed by atoms with Crippen LogP contribution < -0.4 is 10.1 Å². The molecule has 0 spiro atoms. The maximum absolute atomic E-state index is 6.33. The molecule has 0 saturated carbocycles. The van der Waals surface area contributed by atoms with E-state index in [0.717, 1.165) is 28.7 Å². The molecule has 0 fully saturated rings. The second-order valence-corrected chi connectivity index (χ2v) is 6.98. The maximum Gasteiger partial charge on any atom is 0.137 e. The van der Waals surface area contributed by atoms with Gasteiger partial charge in [-0.2, -0.15) is 0 Å². The molecule has 106 valence electrons. The van der Waals surface area contributed by atoms with Gasteiger partial charge in [0, 0.05) is 33.4 Å². The number of ether oxygens (including phenoxy) is 1. The predicted molar refractivity (Wildman–Crippen MR) is 91.0 cm³/mol. The van der Waals surface area contributed by atoms with Crippen LogP contribution in [-0.2, 0) is 6.54 Å². The summed E-state index contributed by atoms with van der Waals surface area (Å²) < 4.78 is 7.43. The smallest absolute Gasteiger partial charge is 0.137 e. The highest BCUT2D eigenvalue weighted by Gasteiger charge is 2.23. The molecule has 0 aliphatic carbocycles. The van der Waals surface area contributed by atoms with E-state index in [1.807, 2.05) is 6.07 Å². The Bertz CT molecular complexity index is 798. The van der Waals surface area contributed by atoms with Gasteiger partial charge in [0.25, 0.3) is 0 Å². The van der Waals surface area contributed by atoms with Crippen molar-refractivity contribution >= 4 is 38.0 Å². The Balaban J connectivity index is 1.75. The van der Waals surface area contributed by atoms with Crippen LogP contribution in [0, 0.1) is 0 Å². The SMILES string of the molecule is Brc1ccc(OC2CNCc3sccc32)c2ccccc12. The van der Waals surface area contributed by atoms with Gasteiger partial charge in [0.05, 0.1) is 0 Å². The molecule has 2 aromatic carbocycles. The Labute approximate surface area is 135 Å². The number of hydrogen-bond acceptors (Lipinski definition) is 3. The van der Waals surface area contributed by atoms with E-state index in [1.54, 1.807) is 11.3 Å². The van der Waals surface area contributed by atoms with Crippen molar-refractivity contribution < 1.29 is 4.74 Å². The molecule has 1 aliphatic rings. The van der Waals surface area contributed by atoms with E-state index in [1.165, 1.54) is 15.8 Å². The number of nitrogens with one attached hydrogen (secondary N) is 1. The summed E-state index contributed by atoms with van der Waals surface area (Å²) in [4.78, 5) is 1.38. The molecular weight excluding hydrogens is 346 g/mol. The first-order valence-electron chi connectivity index (χ1n) is 6.94. The fraction of sp³-hybridized carbons (Fsp3) is 0.176. The first-order valence-corrected chi connectivity index (χ1v) is 8.61. The number of rotatable bonds is 2. The third-order valence-electron chi connectivity index (χ3n) is 3.84. The number of thiophene rings is 1. The molecule has 0 amide bonds. The Morgan fingerprint density at radius 2 is 1.95 bits per heavy atom. The zero-order valence-electron chi connectivity index (χ0n) is 11.3. The second kappa shape index (κ2) is 5.44. The minimum absolute atomic E-state index is 0.0876. The predicted octanol–water partition coefficient (Wildman–Crippen LogP) is 4.89. The van der Waals surface area contributed by atoms with Crippen LogP contribution in [0.3, 0.4) is 0 Å². The van der Waals surface area contributed by atoms with Crippen molar-refractivity contribution in [2.75, 3.05) is 6.54 Å². The van der Waals surface area contributed by atoms with Crippen molar-refractivity contribution in [2.24, 2.45) is 0 Å². The first kappa shape index (κ1) is 13.3. The van der Waals surface area contributed by atoms with Crippen molar-refractivity contribution in [3.63, 3.8) is 0 Å². The molecule has 3 aromatic rings. The zero-order valence-corrected chi connectivity index (χ0v) is 13.7. The van der Waals surface area contributed by atoms with Gasteiger partial charge in [-0.3, -0.25) is 0 Å². The van der Waals surface area contributed by atoms with Gasteiger partial charge in [-0.1, -0.05) is 40.2 Å².